The molecule has 3 nitrogen and oxygen atoms in total. The van der Waals surface area contributed by atoms with Gasteiger partial charge in [0.05, 0.1) is 6.04 Å². The fourth-order valence-corrected chi connectivity index (χ4v) is 3.72. The van der Waals surface area contributed by atoms with E-state index in [1.165, 1.54) is 58.0 Å². The molecular formula is C13H23N3. The zero-order valence-electron chi connectivity index (χ0n) is 10.1. The Kier molecular flexibility index (Phi) is 2.78. The molecule has 0 radical (unpaired) electrons. The molecule has 0 aromatic rings. The van der Waals surface area contributed by atoms with Gasteiger partial charge in [0, 0.05) is 13.1 Å². The van der Waals surface area contributed by atoms with E-state index in [-0.39, 0.29) is 0 Å². The molecule has 0 amide bonds. The molecule has 90 valence electrons. The summed E-state index contributed by atoms with van der Waals surface area (Å²) in [6, 6.07) is 0.528. The number of guanidine groups is 1. The van der Waals surface area contributed by atoms with Crippen LogP contribution >= 0.6 is 0 Å². The van der Waals surface area contributed by atoms with E-state index in [9.17, 15) is 0 Å². The maximum absolute atomic E-state index is 6.14. The van der Waals surface area contributed by atoms with Gasteiger partial charge in [0.2, 0.25) is 0 Å². The first kappa shape index (κ1) is 10.4. The van der Waals surface area contributed by atoms with Crippen molar-refractivity contribution in [3.8, 4) is 0 Å². The van der Waals surface area contributed by atoms with Gasteiger partial charge < -0.3 is 10.6 Å². The van der Waals surface area contributed by atoms with Crippen LogP contribution in [0.15, 0.2) is 4.99 Å². The molecule has 2 N–H and O–H groups in total. The largest absolute Gasteiger partial charge is 0.370 e. The first-order chi connectivity index (χ1) is 7.83. The Balaban J connectivity index is 1.60. The summed E-state index contributed by atoms with van der Waals surface area (Å²) in [5, 5.41) is 0. The summed E-state index contributed by atoms with van der Waals surface area (Å²) in [5.41, 5.74) is 6.14. The van der Waals surface area contributed by atoms with Crippen LogP contribution in [-0.4, -0.2) is 30.0 Å². The van der Waals surface area contributed by atoms with Crippen LogP contribution in [0.25, 0.3) is 0 Å². The second-order valence-corrected chi connectivity index (χ2v) is 5.78. The number of hydrogen-bond donors (Lipinski definition) is 1. The van der Waals surface area contributed by atoms with E-state index in [0.29, 0.717) is 6.04 Å². The first-order valence-corrected chi connectivity index (χ1v) is 6.91. The van der Waals surface area contributed by atoms with Gasteiger partial charge in [0.25, 0.3) is 0 Å². The lowest BCUT2D eigenvalue weighted by Gasteiger charge is -2.19. The number of fused-ring (bicyclic) bond motifs is 1. The fourth-order valence-electron chi connectivity index (χ4n) is 3.72. The zero-order valence-corrected chi connectivity index (χ0v) is 10.1. The van der Waals surface area contributed by atoms with Crippen LogP contribution in [-0.2, 0) is 0 Å². The molecular weight excluding hydrogens is 198 g/mol. The molecule has 3 fully saturated rings. The van der Waals surface area contributed by atoms with Crippen molar-refractivity contribution in [3.63, 3.8) is 0 Å². The quantitative estimate of drug-likeness (QED) is 0.543. The monoisotopic (exact) mass is 221 g/mol. The smallest absolute Gasteiger partial charge is 0.191 e. The van der Waals surface area contributed by atoms with Gasteiger partial charge in [0.1, 0.15) is 0 Å². The average Bonchev–Trinajstić information content (AvgIpc) is 2.91. The molecule has 3 heteroatoms. The minimum atomic E-state index is 0.528. The van der Waals surface area contributed by atoms with Crippen molar-refractivity contribution in [1.29, 1.82) is 0 Å². The van der Waals surface area contributed by atoms with E-state index >= 15 is 0 Å². The van der Waals surface area contributed by atoms with Gasteiger partial charge in [-0.25, -0.2) is 4.99 Å². The van der Waals surface area contributed by atoms with Crippen molar-refractivity contribution in [3.05, 3.63) is 0 Å². The van der Waals surface area contributed by atoms with Crippen molar-refractivity contribution in [1.82, 2.24) is 4.90 Å². The van der Waals surface area contributed by atoms with Crippen LogP contribution in [0.3, 0.4) is 0 Å². The van der Waals surface area contributed by atoms with E-state index in [1.54, 1.807) is 0 Å². The van der Waals surface area contributed by atoms with E-state index in [4.69, 9.17) is 10.7 Å². The summed E-state index contributed by atoms with van der Waals surface area (Å²) >= 11 is 0. The van der Waals surface area contributed by atoms with Crippen LogP contribution in [0.5, 0.6) is 0 Å². The zero-order chi connectivity index (χ0) is 11.0. The highest BCUT2D eigenvalue weighted by Gasteiger charge is 2.36. The van der Waals surface area contributed by atoms with E-state index in [1.807, 2.05) is 0 Å². The Morgan fingerprint density at radius 1 is 0.938 bits per heavy atom. The number of likely N-dealkylation sites (tertiary alicyclic amines) is 1. The normalized spacial score (nSPS) is 36.0. The minimum Gasteiger partial charge on any atom is -0.370 e. The van der Waals surface area contributed by atoms with Gasteiger partial charge in [-0.3, -0.25) is 0 Å². The minimum absolute atomic E-state index is 0.528. The second kappa shape index (κ2) is 4.27. The lowest BCUT2D eigenvalue weighted by Crippen LogP contribution is -2.37. The summed E-state index contributed by atoms with van der Waals surface area (Å²) in [6.07, 6.45) is 9.45. The topological polar surface area (TPSA) is 41.6 Å². The molecule has 1 heterocycles. The second-order valence-electron chi connectivity index (χ2n) is 5.78. The summed E-state index contributed by atoms with van der Waals surface area (Å²) in [7, 11) is 0. The average molecular weight is 221 g/mol. The Morgan fingerprint density at radius 2 is 1.56 bits per heavy atom. The van der Waals surface area contributed by atoms with Crippen molar-refractivity contribution in [2.75, 3.05) is 13.1 Å². The fraction of sp³-hybridized carbons (Fsp3) is 0.923. The Labute approximate surface area is 98.1 Å². The molecule has 0 aromatic heterocycles. The summed E-state index contributed by atoms with van der Waals surface area (Å²) in [4.78, 5) is 7.05. The molecule has 3 aliphatic rings. The van der Waals surface area contributed by atoms with E-state index in [0.717, 1.165) is 17.8 Å². The first-order valence-electron chi connectivity index (χ1n) is 6.91. The van der Waals surface area contributed by atoms with Gasteiger partial charge in [-0.2, -0.15) is 0 Å². The predicted octanol–water partition coefficient (Wildman–Crippen LogP) is 1.98. The van der Waals surface area contributed by atoms with Gasteiger partial charge in [-0.05, 0) is 37.5 Å². The molecule has 16 heavy (non-hydrogen) atoms. The Morgan fingerprint density at radius 3 is 2.19 bits per heavy atom. The van der Waals surface area contributed by atoms with Crippen molar-refractivity contribution < 1.29 is 0 Å². The summed E-state index contributed by atoms with van der Waals surface area (Å²) < 4.78 is 0. The molecule has 2 aliphatic carbocycles. The lowest BCUT2D eigenvalue weighted by atomic mass is 10.0. The van der Waals surface area contributed by atoms with E-state index < -0.39 is 0 Å². The lowest BCUT2D eigenvalue weighted by molar-refractivity contribution is 0.454. The maximum atomic E-state index is 6.14. The molecule has 3 rings (SSSR count). The third-order valence-electron chi connectivity index (χ3n) is 4.69. The third kappa shape index (κ3) is 1.92. The van der Waals surface area contributed by atoms with Crippen LogP contribution < -0.4 is 5.73 Å². The highest BCUT2D eigenvalue weighted by atomic mass is 15.3. The van der Waals surface area contributed by atoms with Gasteiger partial charge in [0.15, 0.2) is 5.96 Å². The van der Waals surface area contributed by atoms with Crippen molar-refractivity contribution >= 4 is 5.96 Å². The number of rotatable bonds is 1. The molecule has 1 aliphatic heterocycles. The number of nitrogens with two attached hydrogens (primary N) is 1. The maximum Gasteiger partial charge on any atom is 0.191 e. The van der Waals surface area contributed by atoms with Crippen LogP contribution in [0.1, 0.15) is 44.9 Å². The predicted molar refractivity (Wildman–Crippen MR) is 66.3 cm³/mol. The summed E-state index contributed by atoms with van der Waals surface area (Å²) in [5.74, 6) is 2.66. The highest BCUT2D eigenvalue weighted by molar-refractivity contribution is 5.78. The molecule has 0 spiro atoms. The molecule has 2 atom stereocenters. The molecule has 1 saturated heterocycles. The van der Waals surface area contributed by atoms with E-state index in [2.05, 4.69) is 4.90 Å². The van der Waals surface area contributed by atoms with Crippen molar-refractivity contribution in [2.45, 2.75) is 51.0 Å². The molecule has 2 unspecified atom stereocenters. The summed E-state index contributed by atoms with van der Waals surface area (Å²) in [6.45, 7) is 2.35. The van der Waals surface area contributed by atoms with Gasteiger partial charge >= 0.3 is 0 Å². The third-order valence-corrected chi connectivity index (χ3v) is 4.69. The van der Waals surface area contributed by atoms with Crippen LogP contribution in [0.2, 0.25) is 0 Å². The number of nitrogens with zero attached hydrogens (tertiary/aromatic N) is 2. The number of hydrogen-bond acceptors (Lipinski definition) is 1. The number of aliphatic imine (C=N–C) groups is 1. The molecule has 2 saturated carbocycles. The molecule has 0 aromatic carbocycles. The molecule has 0 bridgehead atoms. The van der Waals surface area contributed by atoms with Crippen molar-refractivity contribution in [2.24, 2.45) is 22.6 Å². The van der Waals surface area contributed by atoms with Gasteiger partial charge in [-0.15, -0.1) is 0 Å². The standard InChI is InChI=1S/C13H23N3/c14-13(15-12-6-1-2-7-12)16-8-10-4-3-5-11(10)9-16/h10-12H,1-9H2,(H2,14,15). The van der Waals surface area contributed by atoms with Gasteiger partial charge in [-0.1, -0.05) is 19.3 Å². The SMILES string of the molecule is NC(=NC1CCCC1)N1CC2CCCC2C1. The Hall–Kier alpha value is -0.730. The highest BCUT2D eigenvalue weighted by Crippen LogP contribution is 2.37. The van der Waals surface area contributed by atoms with Crippen LogP contribution in [0, 0.1) is 11.8 Å². The Bertz CT molecular complexity index is 269. The van der Waals surface area contributed by atoms with Crippen LogP contribution in [0.4, 0.5) is 0 Å².